The number of thiazole rings is 1. The summed E-state index contributed by atoms with van der Waals surface area (Å²) in [4.78, 5) is 29.4. The summed E-state index contributed by atoms with van der Waals surface area (Å²) in [6, 6.07) is 0. The minimum Gasteiger partial charge on any atom is -0.481 e. The minimum absolute atomic E-state index is 0.0335. The molecule has 6 heteroatoms. The number of aliphatic carboxylic acids is 1. The van der Waals surface area contributed by atoms with Crippen molar-refractivity contribution >= 4 is 23.2 Å². The largest absolute Gasteiger partial charge is 0.481 e. The first-order valence-electron chi connectivity index (χ1n) is 7.00. The molecule has 2 aliphatic rings. The normalized spacial score (nSPS) is 26.6. The fraction of sp³-hybridized carbons (Fsp3) is 0.643. The number of aryl methyl sites for hydroxylation is 1. The minimum atomic E-state index is -0.837. The van der Waals surface area contributed by atoms with Crippen LogP contribution in [0.1, 0.15) is 35.9 Å². The van der Waals surface area contributed by atoms with Gasteiger partial charge in [0.2, 0.25) is 5.91 Å². The second-order valence-corrected chi connectivity index (χ2v) is 6.60. The lowest BCUT2D eigenvalue weighted by Crippen LogP contribution is -2.39. The average molecular weight is 294 g/mol. The number of likely N-dealkylation sites (tertiary alicyclic amines) is 1. The summed E-state index contributed by atoms with van der Waals surface area (Å²) in [6.07, 6.45) is 2.38. The molecule has 1 N–H and O–H groups in total. The summed E-state index contributed by atoms with van der Waals surface area (Å²) in [7, 11) is 0. The van der Waals surface area contributed by atoms with E-state index in [0.29, 0.717) is 12.3 Å². The number of carboxylic acids is 1. The highest BCUT2D eigenvalue weighted by Gasteiger charge is 2.50. The molecule has 2 heterocycles. The van der Waals surface area contributed by atoms with Crippen LogP contribution < -0.4 is 0 Å². The fourth-order valence-corrected chi connectivity index (χ4v) is 3.85. The number of carboxylic acid groups (broad SMARTS) is 1. The number of aromatic nitrogens is 1. The predicted molar refractivity (Wildman–Crippen MR) is 74.6 cm³/mol. The Morgan fingerprint density at radius 2 is 2.05 bits per heavy atom. The first kappa shape index (κ1) is 13.5. The number of rotatable bonds is 3. The highest BCUT2D eigenvalue weighted by molar-refractivity contribution is 7.09. The molecule has 0 radical (unpaired) electrons. The zero-order valence-electron chi connectivity index (χ0n) is 11.4. The second-order valence-electron chi connectivity index (χ2n) is 5.71. The molecule has 0 aromatic carbocycles. The lowest BCUT2D eigenvalue weighted by molar-refractivity contribution is -0.142. The van der Waals surface area contributed by atoms with Crippen molar-refractivity contribution in [2.24, 2.45) is 11.8 Å². The van der Waals surface area contributed by atoms with E-state index in [1.165, 1.54) is 5.01 Å². The van der Waals surface area contributed by atoms with Gasteiger partial charge in [0.25, 0.3) is 0 Å². The summed E-state index contributed by atoms with van der Waals surface area (Å²) < 4.78 is 0. The van der Waals surface area contributed by atoms with Crippen LogP contribution in [-0.2, 0) is 9.59 Å². The highest BCUT2D eigenvalue weighted by atomic mass is 32.1. The Balaban J connectivity index is 1.54. The van der Waals surface area contributed by atoms with Crippen LogP contribution in [0.5, 0.6) is 0 Å². The Labute approximate surface area is 121 Å². The van der Waals surface area contributed by atoms with Crippen molar-refractivity contribution in [2.75, 3.05) is 13.1 Å². The predicted octanol–water partition coefficient (Wildman–Crippen LogP) is 1.88. The summed E-state index contributed by atoms with van der Waals surface area (Å²) >= 11 is 1.70. The maximum absolute atomic E-state index is 12.2. The third kappa shape index (κ3) is 2.57. The van der Waals surface area contributed by atoms with Crippen molar-refractivity contribution < 1.29 is 14.7 Å². The van der Waals surface area contributed by atoms with Gasteiger partial charge in [-0.15, -0.1) is 11.3 Å². The van der Waals surface area contributed by atoms with Crippen molar-refractivity contribution in [2.45, 2.75) is 32.1 Å². The van der Waals surface area contributed by atoms with Crippen LogP contribution >= 0.6 is 11.3 Å². The smallest absolute Gasteiger partial charge is 0.307 e. The SMILES string of the molecule is Cc1csc(C2CCN(C(=O)[C@@H]3C[C@@H]3C(=O)O)CC2)n1. The standard InChI is InChI=1S/C14H18N2O3S/c1-8-7-20-12(15-8)9-2-4-16(5-3-9)13(17)10-6-11(10)14(18)19/h7,9-11H,2-6H2,1H3,(H,18,19)/t10-,11+/m1/s1. The molecule has 5 nitrogen and oxygen atoms in total. The number of piperidine rings is 1. The van der Waals surface area contributed by atoms with Crippen molar-refractivity contribution in [3.05, 3.63) is 16.1 Å². The molecule has 2 fully saturated rings. The van der Waals surface area contributed by atoms with E-state index in [1.807, 2.05) is 11.8 Å². The molecule has 2 atom stereocenters. The number of nitrogens with zero attached hydrogens (tertiary/aromatic N) is 2. The molecule has 0 bridgehead atoms. The summed E-state index contributed by atoms with van der Waals surface area (Å²) in [5.41, 5.74) is 1.06. The van der Waals surface area contributed by atoms with E-state index in [0.717, 1.165) is 31.6 Å². The Morgan fingerprint density at radius 1 is 1.35 bits per heavy atom. The van der Waals surface area contributed by atoms with E-state index in [-0.39, 0.29) is 11.8 Å². The zero-order valence-corrected chi connectivity index (χ0v) is 12.2. The molecule has 1 aromatic heterocycles. The molecule has 0 unspecified atom stereocenters. The van der Waals surface area contributed by atoms with Crippen molar-refractivity contribution in [1.29, 1.82) is 0 Å². The maximum atomic E-state index is 12.2. The Kier molecular flexibility index (Phi) is 3.50. The molecule has 1 saturated heterocycles. The number of amides is 1. The molecule has 108 valence electrons. The van der Waals surface area contributed by atoms with E-state index < -0.39 is 11.9 Å². The van der Waals surface area contributed by atoms with Crippen LogP contribution in [0.25, 0.3) is 0 Å². The summed E-state index contributed by atoms with van der Waals surface area (Å²) in [6.45, 7) is 3.45. The second kappa shape index (κ2) is 5.16. The van der Waals surface area contributed by atoms with E-state index in [2.05, 4.69) is 10.4 Å². The molecule has 0 spiro atoms. The lowest BCUT2D eigenvalue weighted by atomic mass is 9.97. The van der Waals surface area contributed by atoms with Gasteiger partial charge in [-0.1, -0.05) is 0 Å². The van der Waals surface area contributed by atoms with Gasteiger partial charge in [-0.05, 0) is 26.2 Å². The molecule has 1 aromatic rings. The van der Waals surface area contributed by atoms with Crippen molar-refractivity contribution in [3.63, 3.8) is 0 Å². The van der Waals surface area contributed by atoms with Gasteiger partial charge in [-0.3, -0.25) is 9.59 Å². The van der Waals surface area contributed by atoms with Gasteiger partial charge in [-0.2, -0.15) is 0 Å². The maximum Gasteiger partial charge on any atom is 0.307 e. The third-order valence-electron chi connectivity index (χ3n) is 4.22. The average Bonchev–Trinajstić information content (AvgIpc) is 3.14. The van der Waals surface area contributed by atoms with Crippen LogP contribution in [0.2, 0.25) is 0 Å². The van der Waals surface area contributed by atoms with Gasteiger partial charge in [0.15, 0.2) is 0 Å². The molecule has 1 amide bonds. The number of carbonyl (C=O) groups is 2. The molecular formula is C14H18N2O3S. The topological polar surface area (TPSA) is 70.5 Å². The van der Waals surface area contributed by atoms with Crippen LogP contribution in [0, 0.1) is 18.8 Å². The van der Waals surface area contributed by atoms with Gasteiger partial charge in [0.05, 0.1) is 16.8 Å². The third-order valence-corrected chi connectivity index (χ3v) is 5.34. The van der Waals surface area contributed by atoms with Gasteiger partial charge in [-0.25, -0.2) is 4.98 Å². The van der Waals surface area contributed by atoms with Gasteiger partial charge in [0, 0.05) is 30.1 Å². The molecule has 1 aliphatic carbocycles. The van der Waals surface area contributed by atoms with Crippen molar-refractivity contribution in [3.8, 4) is 0 Å². The number of carbonyl (C=O) groups excluding carboxylic acids is 1. The molecule has 20 heavy (non-hydrogen) atoms. The lowest BCUT2D eigenvalue weighted by Gasteiger charge is -2.31. The molecule has 3 rings (SSSR count). The van der Waals surface area contributed by atoms with Gasteiger partial charge < -0.3 is 10.0 Å². The summed E-state index contributed by atoms with van der Waals surface area (Å²) in [5.74, 6) is -1.07. The highest BCUT2D eigenvalue weighted by Crippen LogP contribution is 2.41. The van der Waals surface area contributed by atoms with Crippen LogP contribution in [-0.4, -0.2) is 40.0 Å². The molecule has 1 aliphatic heterocycles. The van der Waals surface area contributed by atoms with E-state index in [4.69, 9.17) is 5.11 Å². The fourth-order valence-electron chi connectivity index (χ4n) is 2.88. The van der Waals surface area contributed by atoms with Gasteiger partial charge in [0.1, 0.15) is 0 Å². The van der Waals surface area contributed by atoms with Crippen LogP contribution in [0.4, 0.5) is 0 Å². The Bertz CT molecular complexity index is 534. The summed E-state index contributed by atoms with van der Waals surface area (Å²) in [5, 5.41) is 12.1. The first-order valence-corrected chi connectivity index (χ1v) is 7.88. The molecular weight excluding hydrogens is 276 g/mol. The molecule has 1 saturated carbocycles. The monoisotopic (exact) mass is 294 g/mol. The van der Waals surface area contributed by atoms with Gasteiger partial charge >= 0.3 is 5.97 Å². The first-order chi connectivity index (χ1) is 9.56. The quantitative estimate of drug-likeness (QED) is 0.924. The van der Waals surface area contributed by atoms with E-state index in [1.54, 1.807) is 11.3 Å². The van der Waals surface area contributed by atoms with E-state index >= 15 is 0 Å². The Morgan fingerprint density at radius 3 is 2.55 bits per heavy atom. The van der Waals surface area contributed by atoms with E-state index in [9.17, 15) is 9.59 Å². The van der Waals surface area contributed by atoms with Crippen LogP contribution in [0.3, 0.4) is 0 Å². The van der Waals surface area contributed by atoms with Crippen LogP contribution in [0.15, 0.2) is 5.38 Å². The zero-order chi connectivity index (χ0) is 14.3. The number of hydrogen-bond donors (Lipinski definition) is 1. The Hall–Kier alpha value is -1.43. The number of hydrogen-bond acceptors (Lipinski definition) is 4. The van der Waals surface area contributed by atoms with Crippen molar-refractivity contribution in [1.82, 2.24) is 9.88 Å².